The quantitative estimate of drug-likeness (QED) is 0.167. The highest BCUT2D eigenvalue weighted by molar-refractivity contribution is 6.12. The maximum atomic E-state index is 5.59. The van der Waals surface area contributed by atoms with Crippen LogP contribution in [-0.2, 0) is 27.1 Å². The molecule has 11 aromatic rings. The van der Waals surface area contributed by atoms with E-state index in [9.17, 15) is 0 Å². The largest absolute Gasteiger partial charge is 0.309 e. The third kappa shape index (κ3) is 9.22. The standard InChI is InChI=1S/C71H73N5/c1-67(2,3)49-31-34-61-58(43-49)54-25-19-21-27-59(54)75(61)60-28-22-20-26-55(60)65-72-64(44-23-17-16-18-24-44)73-66(74-65)76-62-32-29-45(47-35-50(68(4,5)6)41-51(36-47)69(7,8)9)39-56(62)57-40-46(30-33-63(57)76)48-37-52(70(10,11)12)42-53(38-48)71(13,14)15/h16-43H,1-15H3. The van der Waals surface area contributed by atoms with Gasteiger partial charge >= 0.3 is 0 Å². The summed E-state index contributed by atoms with van der Waals surface area (Å²) >= 11 is 0. The van der Waals surface area contributed by atoms with E-state index in [1.165, 1.54) is 60.8 Å². The molecule has 0 atom stereocenters. The Morgan fingerprint density at radius 1 is 0.276 bits per heavy atom. The van der Waals surface area contributed by atoms with E-state index in [1.54, 1.807) is 0 Å². The predicted molar refractivity (Wildman–Crippen MR) is 324 cm³/mol. The Balaban J connectivity index is 1.19. The molecule has 76 heavy (non-hydrogen) atoms. The number of rotatable bonds is 6. The average Bonchev–Trinajstić information content (AvgIpc) is 4.01. The summed E-state index contributed by atoms with van der Waals surface area (Å²) in [7, 11) is 0. The second-order valence-electron chi connectivity index (χ2n) is 26.4. The lowest BCUT2D eigenvalue weighted by Crippen LogP contribution is -2.16. The van der Waals surface area contributed by atoms with Gasteiger partial charge in [-0.3, -0.25) is 4.57 Å². The first-order valence-corrected chi connectivity index (χ1v) is 27.2. The van der Waals surface area contributed by atoms with Crippen LogP contribution in [0.15, 0.2) is 170 Å². The number of hydrogen-bond acceptors (Lipinski definition) is 3. The maximum absolute atomic E-state index is 5.59. The highest BCUT2D eigenvalue weighted by Crippen LogP contribution is 2.43. The normalized spacial score (nSPS) is 12.9. The Kier molecular flexibility index (Phi) is 12.0. The Bertz CT molecular complexity index is 3860. The molecular formula is C71H73N5. The van der Waals surface area contributed by atoms with Crippen molar-refractivity contribution in [2.24, 2.45) is 0 Å². The van der Waals surface area contributed by atoms with Crippen molar-refractivity contribution < 1.29 is 0 Å². The van der Waals surface area contributed by atoms with Gasteiger partial charge in [0.25, 0.3) is 0 Å². The molecule has 5 heteroatoms. The van der Waals surface area contributed by atoms with E-state index in [2.05, 4.69) is 277 Å². The fraction of sp³-hybridized carbons (Fsp3) is 0.282. The number of fused-ring (bicyclic) bond motifs is 6. The van der Waals surface area contributed by atoms with E-state index in [0.717, 1.165) is 49.7 Å². The number of aromatic nitrogens is 5. The summed E-state index contributed by atoms with van der Waals surface area (Å²) in [5, 5.41) is 4.71. The van der Waals surface area contributed by atoms with Gasteiger partial charge in [0.05, 0.1) is 27.8 Å². The molecule has 0 aliphatic heterocycles. The molecule has 0 unspecified atom stereocenters. The molecule has 0 saturated heterocycles. The molecule has 0 radical (unpaired) electrons. The van der Waals surface area contributed by atoms with Crippen molar-refractivity contribution in [3.05, 3.63) is 198 Å². The minimum Gasteiger partial charge on any atom is -0.309 e. The van der Waals surface area contributed by atoms with Crippen LogP contribution in [0, 0.1) is 0 Å². The molecule has 0 fully saturated rings. The van der Waals surface area contributed by atoms with Crippen LogP contribution in [0.2, 0.25) is 0 Å². The average molecular weight is 996 g/mol. The third-order valence-electron chi connectivity index (χ3n) is 15.5. The van der Waals surface area contributed by atoms with Crippen molar-refractivity contribution in [2.45, 2.75) is 131 Å². The summed E-state index contributed by atoms with van der Waals surface area (Å²) in [5.41, 5.74) is 18.5. The molecule has 0 aliphatic rings. The first kappa shape index (κ1) is 50.5. The molecule has 382 valence electrons. The van der Waals surface area contributed by atoms with E-state index in [-0.39, 0.29) is 27.1 Å². The third-order valence-corrected chi connectivity index (χ3v) is 15.5. The zero-order valence-electron chi connectivity index (χ0n) is 47.4. The van der Waals surface area contributed by atoms with Crippen molar-refractivity contribution in [1.29, 1.82) is 0 Å². The van der Waals surface area contributed by atoms with Crippen molar-refractivity contribution in [3.8, 4) is 56.7 Å². The topological polar surface area (TPSA) is 48.5 Å². The van der Waals surface area contributed by atoms with Gasteiger partial charge in [0, 0.05) is 32.7 Å². The minimum absolute atomic E-state index is 0.000604. The van der Waals surface area contributed by atoms with Crippen molar-refractivity contribution in [2.75, 3.05) is 0 Å². The minimum atomic E-state index is -0.0264. The zero-order chi connectivity index (χ0) is 53.9. The molecule has 0 amide bonds. The van der Waals surface area contributed by atoms with Crippen LogP contribution in [-0.4, -0.2) is 24.1 Å². The summed E-state index contributed by atoms with van der Waals surface area (Å²) in [4.78, 5) is 16.4. The van der Waals surface area contributed by atoms with Crippen LogP contribution in [0.5, 0.6) is 0 Å². The zero-order valence-corrected chi connectivity index (χ0v) is 47.4. The van der Waals surface area contributed by atoms with Gasteiger partial charge in [-0.05, 0) is 132 Å². The molecule has 0 aliphatic carbocycles. The lowest BCUT2D eigenvalue weighted by molar-refractivity contribution is 0.568. The van der Waals surface area contributed by atoms with E-state index in [4.69, 9.17) is 15.0 Å². The summed E-state index contributed by atoms with van der Waals surface area (Å²) in [6.45, 7) is 34.6. The summed E-state index contributed by atoms with van der Waals surface area (Å²) in [6.07, 6.45) is 0. The number of nitrogens with zero attached hydrogens (tertiary/aromatic N) is 5. The smallest absolute Gasteiger partial charge is 0.238 e. The number of benzene rings is 8. The van der Waals surface area contributed by atoms with Gasteiger partial charge in [0.2, 0.25) is 5.95 Å². The number of para-hydroxylation sites is 2. The van der Waals surface area contributed by atoms with Gasteiger partial charge < -0.3 is 4.57 Å². The van der Waals surface area contributed by atoms with Crippen LogP contribution in [0.1, 0.15) is 132 Å². The van der Waals surface area contributed by atoms with Crippen molar-refractivity contribution >= 4 is 43.6 Å². The maximum Gasteiger partial charge on any atom is 0.238 e. The van der Waals surface area contributed by atoms with Crippen LogP contribution in [0.3, 0.4) is 0 Å². The van der Waals surface area contributed by atoms with Crippen molar-refractivity contribution in [3.63, 3.8) is 0 Å². The summed E-state index contributed by atoms with van der Waals surface area (Å²) < 4.78 is 4.66. The first-order chi connectivity index (χ1) is 35.8. The molecule has 3 aromatic heterocycles. The molecule has 0 N–H and O–H groups in total. The van der Waals surface area contributed by atoms with Crippen LogP contribution < -0.4 is 0 Å². The van der Waals surface area contributed by atoms with Crippen LogP contribution in [0.4, 0.5) is 0 Å². The van der Waals surface area contributed by atoms with Gasteiger partial charge in [-0.1, -0.05) is 219 Å². The van der Waals surface area contributed by atoms with Gasteiger partial charge in [0.1, 0.15) is 0 Å². The Morgan fingerprint density at radius 2 is 0.697 bits per heavy atom. The molecule has 8 aromatic carbocycles. The van der Waals surface area contributed by atoms with E-state index in [0.29, 0.717) is 17.6 Å². The molecule has 0 saturated carbocycles. The van der Waals surface area contributed by atoms with Gasteiger partial charge in [-0.25, -0.2) is 4.98 Å². The highest BCUT2D eigenvalue weighted by atomic mass is 15.2. The Labute approximate surface area is 450 Å². The summed E-state index contributed by atoms with van der Waals surface area (Å²) in [6, 6.07) is 63.0. The van der Waals surface area contributed by atoms with E-state index in [1.807, 2.05) is 6.07 Å². The second-order valence-corrected chi connectivity index (χ2v) is 26.4. The first-order valence-electron chi connectivity index (χ1n) is 27.2. The monoisotopic (exact) mass is 996 g/mol. The van der Waals surface area contributed by atoms with Gasteiger partial charge in [-0.15, -0.1) is 0 Å². The van der Waals surface area contributed by atoms with E-state index < -0.39 is 0 Å². The Morgan fingerprint density at radius 3 is 1.22 bits per heavy atom. The van der Waals surface area contributed by atoms with Crippen LogP contribution >= 0.6 is 0 Å². The molecule has 3 heterocycles. The molecular weight excluding hydrogens is 923 g/mol. The molecule has 11 rings (SSSR count). The summed E-state index contributed by atoms with van der Waals surface area (Å²) in [5.74, 6) is 1.77. The number of hydrogen-bond donors (Lipinski definition) is 0. The molecule has 0 bridgehead atoms. The van der Waals surface area contributed by atoms with Crippen molar-refractivity contribution in [1.82, 2.24) is 24.1 Å². The second kappa shape index (κ2) is 18.0. The van der Waals surface area contributed by atoms with E-state index >= 15 is 0 Å². The molecule has 0 spiro atoms. The predicted octanol–water partition coefficient (Wildman–Crippen LogP) is 19.2. The molecule has 5 nitrogen and oxygen atoms in total. The fourth-order valence-electron chi connectivity index (χ4n) is 10.8. The van der Waals surface area contributed by atoms with Gasteiger partial charge in [-0.2, -0.15) is 9.97 Å². The lowest BCUT2D eigenvalue weighted by atomic mass is 9.78. The highest BCUT2D eigenvalue weighted by Gasteiger charge is 2.27. The van der Waals surface area contributed by atoms with Gasteiger partial charge in [0.15, 0.2) is 11.6 Å². The lowest BCUT2D eigenvalue weighted by Gasteiger charge is -2.26. The fourth-order valence-corrected chi connectivity index (χ4v) is 10.8. The van der Waals surface area contributed by atoms with Crippen LogP contribution in [0.25, 0.3) is 100 Å². The SMILES string of the molecule is CC(C)(C)c1cc(-c2ccc3c(c2)c2cc(-c4cc(C(C)(C)C)cc(C(C)(C)C)c4)ccc2n3-c2nc(-c3ccccc3)nc(-c3ccccc3-n3c4ccccc4c4cc(C(C)(C)C)ccc43)n2)cc(C(C)(C)C)c1. The Hall–Kier alpha value is -7.63.